The molecule has 14 nitrogen and oxygen atoms in total. The molecule has 0 unspecified atom stereocenters. The largest absolute Gasteiger partial charge is 0.445 e. The number of carbonyl (C=O) groups excluding carboxylic acids is 2. The van der Waals surface area contributed by atoms with Gasteiger partial charge in [-0.3, -0.25) is 4.79 Å². The van der Waals surface area contributed by atoms with Crippen LogP contribution in [0, 0.1) is 0 Å². The van der Waals surface area contributed by atoms with Gasteiger partial charge in [0.15, 0.2) is 12.6 Å². The van der Waals surface area contributed by atoms with Crippen LogP contribution in [0.4, 0.5) is 4.79 Å². The fraction of sp³-hybridized carbons (Fsp3) is 0.429. The second kappa shape index (κ2) is 28.4. The number of alkyl carbamates (subject to hydrolysis) is 1. The standard InChI is InChI=1S/C56H68N2O12/c1-40-50(64-35-43-24-12-6-13-25-43)52(65-36-44-26-14-7-15-27-44)53(66-37-45-28-16-8-17-29-45)55(68-40)70-51-48(58-41(2)59)54(69-47(49(51)60)39-62-34-42-22-10-5-11-23-42)63-33-21-4-3-20-32-57-56(61)67-38-46-30-18-9-19-31-46/h5-19,22-31,40,47-55,60H,3-4,20-21,32-39H2,1-2H3,(H,57,61)(H,58,59)/t40-,47+,48+,49+,50+,51+,52+,53-,54+,55-/m0/s1. The van der Waals surface area contributed by atoms with Crippen LogP contribution in [0.2, 0.25) is 0 Å². The Morgan fingerprint density at radius 3 is 1.57 bits per heavy atom. The molecule has 5 aromatic rings. The molecular weight excluding hydrogens is 893 g/mol. The molecule has 0 aromatic heterocycles. The summed E-state index contributed by atoms with van der Waals surface area (Å²) in [6.07, 6.45) is -5.73. The van der Waals surface area contributed by atoms with Gasteiger partial charge in [0.05, 0.1) is 39.1 Å². The molecule has 0 aliphatic carbocycles. The van der Waals surface area contributed by atoms with Crippen molar-refractivity contribution < 1.29 is 57.3 Å². The van der Waals surface area contributed by atoms with Crippen LogP contribution < -0.4 is 10.6 Å². The van der Waals surface area contributed by atoms with E-state index < -0.39 is 67.4 Å². The summed E-state index contributed by atoms with van der Waals surface area (Å²) in [6, 6.07) is 47.8. The zero-order valence-electron chi connectivity index (χ0n) is 40.1. The van der Waals surface area contributed by atoms with Crippen molar-refractivity contribution in [2.24, 2.45) is 0 Å². The first-order valence-electron chi connectivity index (χ1n) is 24.4. The molecule has 2 aliphatic heterocycles. The molecule has 3 N–H and O–H groups in total. The topological polar surface area (TPSA) is 162 Å². The first-order chi connectivity index (χ1) is 34.3. The lowest BCUT2D eigenvalue weighted by Gasteiger charge is -2.49. The highest BCUT2D eigenvalue weighted by Crippen LogP contribution is 2.35. The van der Waals surface area contributed by atoms with Gasteiger partial charge < -0.3 is 58.4 Å². The zero-order chi connectivity index (χ0) is 48.8. The number of hydrogen-bond donors (Lipinski definition) is 3. The van der Waals surface area contributed by atoms with Crippen LogP contribution in [0.3, 0.4) is 0 Å². The molecule has 2 saturated heterocycles. The number of benzene rings is 5. The second-order valence-corrected chi connectivity index (χ2v) is 17.6. The van der Waals surface area contributed by atoms with Crippen molar-refractivity contribution in [3.8, 4) is 0 Å². The Kier molecular flexibility index (Phi) is 21.2. The molecule has 0 radical (unpaired) electrons. The van der Waals surface area contributed by atoms with Crippen LogP contribution in [0.25, 0.3) is 0 Å². The first-order valence-corrected chi connectivity index (χ1v) is 24.4. The molecule has 0 saturated carbocycles. The van der Waals surface area contributed by atoms with Gasteiger partial charge in [0.2, 0.25) is 5.91 Å². The molecule has 7 rings (SSSR count). The maximum Gasteiger partial charge on any atom is 0.407 e. The fourth-order valence-corrected chi connectivity index (χ4v) is 8.49. The van der Waals surface area contributed by atoms with E-state index in [0.29, 0.717) is 19.6 Å². The van der Waals surface area contributed by atoms with Gasteiger partial charge in [0.1, 0.15) is 49.3 Å². The fourth-order valence-electron chi connectivity index (χ4n) is 8.49. The lowest BCUT2D eigenvalue weighted by Crippen LogP contribution is -2.68. The molecule has 2 aliphatic rings. The summed E-state index contributed by atoms with van der Waals surface area (Å²) >= 11 is 0. The average molecular weight is 961 g/mol. The highest BCUT2D eigenvalue weighted by molar-refractivity contribution is 5.73. The van der Waals surface area contributed by atoms with E-state index in [0.717, 1.165) is 47.1 Å². The van der Waals surface area contributed by atoms with Crippen LogP contribution in [-0.4, -0.2) is 98.2 Å². The number of hydrogen-bond acceptors (Lipinski definition) is 12. The SMILES string of the molecule is CC(=O)N[C@H]1[C@H](OCCCCCCNC(=O)OCc2ccccc2)O[C@H](COCc2ccccc2)[C@@H](O)[C@@H]1O[C@@H]1O[C@@H](C)[C@@H](OCc2ccccc2)[C@@H](OCc2ccccc2)[C@@H]1OCc1ccccc1. The van der Waals surface area contributed by atoms with Crippen LogP contribution in [0.1, 0.15) is 67.3 Å². The monoisotopic (exact) mass is 960 g/mol. The van der Waals surface area contributed by atoms with Crippen molar-refractivity contribution >= 4 is 12.0 Å². The summed E-state index contributed by atoms with van der Waals surface area (Å²) in [5.74, 6) is -0.371. The van der Waals surface area contributed by atoms with Crippen molar-refractivity contribution in [1.82, 2.24) is 10.6 Å². The van der Waals surface area contributed by atoms with E-state index in [-0.39, 0.29) is 45.5 Å². The minimum atomic E-state index is -1.32. The molecule has 0 spiro atoms. The van der Waals surface area contributed by atoms with E-state index in [2.05, 4.69) is 10.6 Å². The molecule has 374 valence electrons. The van der Waals surface area contributed by atoms with E-state index in [1.54, 1.807) is 0 Å². The quantitative estimate of drug-likeness (QED) is 0.0457. The predicted molar refractivity (Wildman–Crippen MR) is 262 cm³/mol. The predicted octanol–water partition coefficient (Wildman–Crippen LogP) is 8.18. The Bertz CT molecular complexity index is 2230. The zero-order valence-corrected chi connectivity index (χ0v) is 40.1. The van der Waals surface area contributed by atoms with Gasteiger partial charge in [0.25, 0.3) is 0 Å². The van der Waals surface area contributed by atoms with Crippen molar-refractivity contribution in [3.05, 3.63) is 179 Å². The smallest absolute Gasteiger partial charge is 0.407 e. The lowest BCUT2D eigenvalue weighted by molar-refractivity contribution is -0.355. The number of carbonyl (C=O) groups is 2. The molecule has 10 atom stereocenters. The highest BCUT2D eigenvalue weighted by Gasteiger charge is 2.53. The van der Waals surface area contributed by atoms with Crippen LogP contribution >= 0.6 is 0 Å². The van der Waals surface area contributed by atoms with E-state index in [1.165, 1.54) is 6.92 Å². The molecule has 70 heavy (non-hydrogen) atoms. The van der Waals surface area contributed by atoms with Crippen LogP contribution in [-0.2, 0) is 80.5 Å². The number of unbranched alkanes of at least 4 members (excludes halogenated alkanes) is 3. The van der Waals surface area contributed by atoms with Crippen LogP contribution in [0.15, 0.2) is 152 Å². The minimum Gasteiger partial charge on any atom is -0.445 e. The molecule has 0 bridgehead atoms. The number of rotatable bonds is 26. The third-order valence-electron chi connectivity index (χ3n) is 12.1. The van der Waals surface area contributed by atoms with E-state index in [1.807, 2.05) is 159 Å². The normalized spacial score (nSPS) is 24.4. The van der Waals surface area contributed by atoms with Gasteiger partial charge in [-0.2, -0.15) is 0 Å². The molecule has 2 fully saturated rings. The van der Waals surface area contributed by atoms with Crippen LogP contribution in [0.5, 0.6) is 0 Å². The summed E-state index contributed by atoms with van der Waals surface area (Å²) in [7, 11) is 0. The number of aliphatic hydroxyl groups is 1. The highest BCUT2D eigenvalue weighted by atomic mass is 16.7. The molecule has 5 aromatic carbocycles. The first kappa shape index (κ1) is 52.3. The summed E-state index contributed by atoms with van der Waals surface area (Å²) < 4.78 is 58.4. The van der Waals surface area contributed by atoms with Gasteiger partial charge in [0, 0.05) is 20.1 Å². The second-order valence-electron chi connectivity index (χ2n) is 17.6. The van der Waals surface area contributed by atoms with Crippen molar-refractivity contribution in [2.45, 2.75) is 134 Å². The molecule has 2 amide bonds. The maximum absolute atomic E-state index is 13.0. The van der Waals surface area contributed by atoms with Gasteiger partial charge in [-0.15, -0.1) is 0 Å². The van der Waals surface area contributed by atoms with Gasteiger partial charge in [-0.1, -0.05) is 165 Å². The number of amides is 2. The Morgan fingerprint density at radius 1 is 0.543 bits per heavy atom. The van der Waals surface area contributed by atoms with E-state index in [4.69, 9.17) is 42.6 Å². The minimum absolute atomic E-state index is 0.00255. The summed E-state index contributed by atoms with van der Waals surface area (Å²) in [5, 5.41) is 18.1. The van der Waals surface area contributed by atoms with Gasteiger partial charge in [-0.05, 0) is 47.6 Å². The van der Waals surface area contributed by atoms with E-state index in [9.17, 15) is 14.7 Å². The maximum atomic E-state index is 13.0. The van der Waals surface area contributed by atoms with Gasteiger partial charge in [-0.25, -0.2) is 4.79 Å². The number of ether oxygens (including phenoxy) is 9. The molecule has 14 heteroatoms. The van der Waals surface area contributed by atoms with E-state index >= 15 is 0 Å². The van der Waals surface area contributed by atoms with Crippen molar-refractivity contribution in [3.63, 3.8) is 0 Å². The van der Waals surface area contributed by atoms with Gasteiger partial charge >= 0.3 is 6.09 Å². The molecule has 2 heterocycles. The number of nitrogens with one attached hydrogen (secondary N) is 2. The average Bonchev–Trinajstić information content (AvgIpc) is 3.38. The Labute approximate surface area is 411 Å². The summed E-state index contributed by atoms with van der Waals surface area (Å²) in [6.45, 7) is 5.30. The Morgan fingerprint density at radius 2 is 1.03 bits per heavy atom. The van der Waals surface area contributed by atoms with Crippen molar-refractivity contribution in [2.75, 3.05) is 19.8 Å². The Balaban J connectivity index is 1.07. The third kappa shape index (κ3) is 16.5. The molecular formula is C56H68N2O12. The summed E-state index contributed by atoms with van der Waals surface area (Å²) in [4.78, 5) is 25.2. The Hall–Kier alpha value is -5.52. The number of aliphatic hydroxyl groups excluding tert-OH is 1. The lowest BCUT2D eigenvalue weighted by atomic mass is 9.95. The van der Waals surface area contributed by atoms with Crippen molar-refractivity contribution in [1.29, 1.82) is 0 Å². The summed E-state index contributed by atoms with van der Waals surface area (Å²) in [5.41, 5.74) is 4.75. The third-order valence-corrected chi connectivity index (χ3v) is 12.1.